The van der Waals surface area contributed by atoms with Gasteiger partial charge in [-0.3, -0.25) is 4.90 Å². The van der Waals surface area contributed by atoms with Gasteiger partial charge in [-0.15, -0.1) is 0 Å². The lowest BCUT2D eigenvalue weighted by Gasteiger charge is -2.34. The van der Waals surface area contributed by atoms with Crippen LogP contribution in [0.4, 0.5) is 0 Å². The molecule has 0 bridgehead atoms. The van der Waals surface area contributed by atoms with Crippen molar-refractivity contribution in [2.45, 2.75) is 19.4 Å². The van der Waals surface area contributed by atoms with Crippen LogP contribution < -0.4 is 0 Å². The Morgan fingerprint density at radius 1 is 1.08 bits per heavy atom. The third kappa shape index (κ3) is 3.97. The van der Waals surface area contributed by atoms with Crippen LogP contribution >= 0.6 is 0 Å². The van der Waals surface area contributed by atoms with E-state index in [1.807, 2.05) is 10.7 Å². The third-order valence-corrected chi connectivity index (χ3v) is 5.25. The molecular formula is C22H28N4. The summed E-state index contributed by atoms with van der Waals surface area (Å²) in [7, 11) is 4.35. The van der Waals surface area contributed by atoms with Gasteiger partial charge in [-0.2, -0.15) is 5.10 Å². The molecule has 2 heterocycles. The minimum absolute atomic E-state index is 0.800. The molecule has 2 aromatic carbocycles. The van der Waals surface area contributed by atoms with Gasteiger partial charge in [0.05, 0.1) is 11.2 Å². The summed E-state index contributed by atoms with van der Waals surface area (Å²) in [6.45, 7) is 4.67. The molecule has 0 N–H and O–H groups in total. The lowest BCUT2D eigenvalue weighted by molar-refractivity contribution is 0.145. The Hall–Kier alpha value is -2.17. The molecule has 1 saturated heterocycles. The highest BCUT2D eigenvalue weighted by atomic mass is 15.3. The van der Waals surface area contributed by atoms with Crippen molar-refractivity contribution < 1.29 is 0 Å². The first-order valence-electron chi connectivity index (χ1n) is 9.58. The minimum atomic E-state index is 0.800. The number of likely N-dealkylation sites (tertiary alicyclic amines) is 1. The van der Waals surface area contributed by atoms with Crippen molar-refractivity contribution in [2.75, 3.05) is 33.7 Å². The normalized spacial score (nSPS) is 18.7. The van der Waals surface area contributed by atoms with Gasteiger partial charge in [0.25, 0.3) is 0 Å². The van der Waals surface area contributed by atoms with E-state index in [9.17, 15) is 0 Å². The third-order valence-electron chi connectivity index (χ3n) is 5.25. The summed E-state index contributed by atoms with van der Waals surface area (Å²) in [4.78, 5) is 4.92. The molecule has 3 aromatic rings. The molecule has 0 aliphatic carbocycles. The van der Waals surface area contributed by atoms with E-state index < -0.39 is 0 Å². The predicted molar refractivity (Wildman–Crippen MR) is 108 cm³/mol. The number of hydrogen-bond donors (Lipinski definition) is 0. The van der Waals surface area contributed by atoms with Crippen molar-refractivity contribution in [1.82, 2.24) is 19.6 Å². The Balaban J connectivity index is 1.42. The molecule has 26 heavy (non-hydrogen) atoms. The van der Waals surface area contributed by atoms with Crippen LogP contribution in [-0.4, -0.2) is 53.3 Å². The van der Waals surface area contributed by atoms with E-state index in [0.29, 0.717) is 0 Å². The SMILES string of the molecule is CN(C)C[C@@H]1CCCN(Cc2ccc(-n3cc4ccccc4n3)cc2)C1. The van der Waals surface area contributed by atoms with Crippen molar-refractivity contribution in [3.8, 4) is 5.69 Å². The monoisotopic (exact) mass is 348 g/mol. The highest BCUT2D eigenvalue weighted by molar-refractivity contribution is 5.78. The van der Waals surface area contributed by atoms with E-state index >= 15 is 0 Å². The minimum Gasteiger partial charge on any atom is -0.309 e. The molecule has 4 rings (SSSR count). The zero-order valence-corrected chi connectivity index (χ0v) is 15.8. The van der Waals surface area contributed by atoms with Gasteiger partial charge < -0.3 is 4.90 Å². The summed E-state index contributed by atoms with van der Waals surface area (Å²) < 4.78 is 1.97. The van der Waals surface area contributed by atoms with Crippen LogP contribution in [0.1, 0.15) is 18.4 Å². The van der Waals surface area contributed by atoms with E-state index in [1.54, 1.807) is 0 Å². The number of hydrogen-bond acceptors (Lipinski definition) is 3. The molecule has 1 fully saturated rings. The molecule has 136 valence electrons. The lowest BCUT2D eigenvalue weighted by atomic mass is 9.97. The molecule has 4 nitrogen and oxygen atoms in total. The van der Waals surface area contributed by atoms with Crippen LogP contribution in [-0.2, 0) is 6.54 Å². The van der Waals surface area contributed by atoms with Crippen LogP contribution in [0, 0.1) is 5.92 Å². The number of benzene rings is 2. The van der Waals surface area contributed by atoms with E-state index in [-0.39, 0.29) is 0 Å². The van der Waals surface area contributed by atoms with Gasteiger partial charge in [0, 0.05) is 31.2 Å². The zero-order valence-electron chi connectivity index (χ0n) is 15.8. The number of aromatic nitrogens is 2. The van der Waals surface area contributed by atoms with Crippen LogP contribution in [0.2, 0.25) is 0 Å². The summed E-state index contributed by atoms with van der Waals surface area (Å²) in [5.74, 6) is 0.800. The van der Waals surface area contributed by atoms with Crippen molar-refractivity contribution in [1.29, 1.82) is 0 Å². The Labute approximate surface area is 156 Å². The van der Waals surface area contributed by atoms with Crippen molar-refractivity contribution >= 4 is 10.9 Å². The van der Waals surface area contributed by atoms with Gasteiger partial charge in [-0.05, 0) is 63.2 Å². The maximum atomic E-state index is 4.67. The maximum Gasteiger partial charge on any atom is 0.0927 e. The zero-order chi connectivity index (χ0) is 17.9. The highest BCUT2D eigenvalue weighted by Crippen LogP contribution is 2.20. The van der Waals surface area contributed by atoms with Gasteiger partial charge in [0.15, 0.2) is 0 Å². The first-order valence-corrected chi connectivity index (χ1v) is 9.58. The first-order chi connectivity index (χ1) is 12.7. The Bertz CT molecular complexity index is 817. The van der Waals surface area contributed by atoms with Crippen molar-refractivity contribution in [3.63, 3.8) is 0 Å². The van der Waals surface area contributed by atoms with Crippen LogP contribution in [0.15, 0.2) is 54.7 Å². The second-order valence-electron chi connectivity index (χ2n) is 7.80. The Kier molecular flexibility index (Phi) is 5.05. The molecule has 1 atom stereocenters. The number of piperidine rings is 1. The number of rotatable bonds is 5. The molecule has 0 radical (unpaired) electrons. The molecule has 0 spiro atoms. The quantitative estimate of drug-likeness (QED) is 0.701. The predicted octanol–water partition coefficient (Wildman–Crippen LogP) is 3.80. The fourth-order valence-corrected chi connectivity index (χ4v) is 4.07. The fraction of sp³-hybridized carbons (Fsp3) is 0.409. The smallest absolute Gasteiger partial charge is 0.0927 e. The second-order valence-corrected chi connectivity index (χ2v) is 7.80. The van der Waals surface area contributed by atoms with Crippen LogP contribution in [0.3, 0.4) is 0 Å². The van der Waals surface area contributed by atoms with Crippen LogP contribution in [0.25, 0.3) is 16.6 Å². The summed E-state index contributed by atoms with van der Waals surface area (Å²) in [6, 6.07) is 17.1. The lowest BCUT2D eigenvalue weighted by Crippen LogP contribution is -2.38. The highest BCUT2D eigenvalue weighted by Gasteiger charge is 2.20. The Morgan fingerprint density at radius 2 is 1.88 bits per heavy atom. The van der Waals surface area contributed by atoms with Crippen molar-refractivity contribution in [2.24, 2.45) is 5.92 Å². The first kappa shape index (κ1) is 17.3. The van der Waals surface area contributed by atoms with Crippen LogP contribution in [0.5, 0.6) is 0 Å². The van der Waals surface area contributed by atoms with Gasteiger partial charge in [-0.25, -0.2) is 4.68 Å². The van der Waals surface area contributed by atoms with E-state index in [1.165, 1.54) is 43.4 Å². The van der Waals surface area contributed by atoms with Gasteiger partial charge in [0.2, 0.25) is 0 Å². The Morgan fingerprint density at radius 3 is 2.65 bits per heavy atom. The van der Waals surface area contributed by atoms with E-state index in [4.69, 9.17) is 0 Å². The molecule has 1 aliphatic rings. The topological polar surface area (TPSA) is 24.3 Å². The molecule has 4 heteroatoms. The second kappa shape index (κ2) is 7.60. The van der Waals surface area contributed by atoms with Gasteiger partial charge in [-0.1, -0.05) is 30.3 Å². The summed E-state index contributed by atoms with van der Waals surface area (Å²) in [6.07, 6.45) is 4.78. The molecule has 1 aliphatic heterocycles. The maximum absolute atomic E-state index is 4.67. The molecule has 0 unspecified atom stereocenters. The van der Waals surface area contributed by atoms with Gasteiger partial charge >= 0.3 is 0 Å². The van der Waals surface area contributed by atoms with Crippen molar-refractivity contribution in [3.05, 3.63) is 60.3 Å². The summed E-state index contributed by atoms with van der Waals surface area (Å²) in [5.41, 5.74) is 3.54. The average molecular weight is 348 g/mol. The number of nitrogens with zero attached hydrogens (tertiary/aromatic N) is 4. The number of fused-ring (bicyclic) bond motifs is 1. The molecule has 1 aromatic heterocycles. The fourth-order valence-electron chi connectivity index (χ4n) is 4.07. The average Bonchev–Trinajstić information content (AvgIpc) is 3.06. The van der Waals surface area contributed by atoms with E-state index in [2.05, 4.69) is 77.7 Å². The molecule has 0 amide bonds. The summed E-state index contributed by atoms with van der Waals surface area (Å²) >= 11 is 0. The molecule has 0 saturated carbocycles. The van der Waals surface area contributed by atoms with Gasteiger partial charge in [0.1, 0.15) is 0 Å². The summed E-state index contributed by atoms with van der Waals surface area (Å²) in [5, 5.41) is 5.85. The molecular weight excluding hydrogens is 320 g/mol. The largest absolute Gasteiger partial charge is 0.309 e. The van der Waals surface area contributed by atoms with E-state index in [0.717, 1.165) is 23.7 Å². The standard InChI is InChI=1S/C22H28N4/c1-24(2)14-19-6-5-13-25(16-19)15-18-9-11-21(12-10-18)26-17-20-7-3-4-8-22(20)23-26/h3-4,7-12,17,19H,5-6,13-16H2,1-2H3/t19-/m0/s1.